The van der Waals surface area contributed by atoms with Crippen LogP contribution in [0.2, 0.25) is 0 Å². The first kappa shape index (κ1) is 53.1. The number of hydrogen-bond donors (Lipinski definition) is 1. The number of aromatic nitrogens is 1. The number of aryl methyl sites for hydroxylation is 1. The van der Waals surface area contributed by atoms with Crippen LogP contribution in [0.1, 0.15) is 140 Å². The summed E-state index contributed by atoms with van der Waals surface area (Å²) in [6.07, 6.45) is 3.83. The first-order valence-corrected chi connectivity index (χ1v) is 28.3. The van der Waals surface area contributed by atoms with Crippen molar-refractivity contribution in [2.24, 2.45) is 0 Å². The number of rotatable bonds is 10. The van der Waals surface area contributed by atoms with Crippen LogP contribution in [0.5, 0.6) is 11.5 Å². The number of nitrogens with zero attached hydrogens (tertiary/aromatic N) is 3. The van der Waals surface area contributed by atoms with E-state index in [0.717, 1.165) is 80.2 Å². The summed E-state index contributed by atoms with van der Waals surface area (Å²) in [5, 5.41) is 3.56. The molecule has 0 amide bonds. The molecule has 0 radical (unpaired) electrons. The number of nitrogens with one attached hydrogen (secondary N) is 1. The Kier molecular flexibility index (Phi) is 14.2. The van der Waals surface area contributed by atoms with Gasteiger partial charge in [0.15, 0.2) is 0 Å². The molecule has 1 N–H and O–H groups in total. The first-order chi connectivity index (χ1) is 39.1. The maximum absolute atomic E-state index is 8.82. The topological polar surface area (TPSA) is 40.6 Å². The SMILES string of the molecule is [2H]C([2H])([2H])c1cc(Nc2ccc(C(C)(C)C)cc2-c2c[c-]c(Oc3[c-]c(N4[CH-]N(c5c(-c6ccccc6)cccc5-c5cc(C(C)(C)C)cc(C(C)(C)C)c5)c5ccccc54)ccc3)cc2)ncc1-c1cccc2c1C(C)(C)CCC2(C)C.[Pt]. The van der Waals surface area contributed by atoms with Crippen LogP contribution in [-0.4, -0.2) is 4.98 Å². The summed E-state index contributed by atoms with van der Waals surface area (Å²) < 4.78 is 33.1. The largest absolute Gasteiger partial charge is 0.509 e. The predicted octanol–water partition coefficient (Wildman–Crippen LogP) is 20.8. The minimum Gasteiger partial charge on any atom is -0.509 e. The van der Waals surface area contributed by atoms with E-state index in [1.807, 2.05) is 30.3 Å². The zero-order chi connectivity index (χ0) is 59.0. The van der Waals surface area contributed by atoms with Crippen molar-refractivity contribution >= 4 is 34.3 Å². The van der Waals surface area contributed by atoms with E-state index in [-0.39, 0.29) is 53.7 Å². The third kappa shape index (κ3) is 11.4. The fourth-order valence-electron chi connectivity index (χ4n) is 11.6. The van der Waals surface area contributed by atoms with Gasteiger partial charge >= 0.3 is 0 Å². The molecule has 0 unspecified atom stereocenters. The molecule has 8 aromatic carbocycles. The predicted molar refractivity (Wildman–Crippen MR) is 337 cm³/mol. The molecule has 0 saturated carbocycles. The first-order valence-electron chi connectivity index (χ1n) is 29.8. The Morgan fingerprint density at radius 1 is 0.556 bits per heavy atom. The van der Waals surface area contributed by atoms with E-state index in [2.05, 4.69) is 257 Å². The van der Waals surface area contributed by atoms with Crippen LogP contribution < -0.4 is 19.9 Å². The Hall–Kier alpha value is -7.20. The third-order valence-electron chi connectivity index (χ3n) is 16.5. The van der Waals surface area contributed by atoms with Crippen LogP contribution in [0.4, 0.5) is 34.3 Å². The van der Waals surface area contributed by atoms with Gasteiger partial charge in [0, 0.05) is 82.3 Å². The Bertz CT molecular complexity index is 3870. The molecule has 1 aliphatic carbocycles. The molecule has 11 rings (SSSR count). The second-order valence-corrected chi connectivity index (χ2v) is 26.4. The molecule has 2 heterocycles. The molecular formula is C75H77N4OPt-3. The van der Waals surface area contributed by atoms with Gasteiger partial charge < -0.3 is 19.9 Å². The summed E-state index contributed by atoms with van der Waals surface area (Å²) in [5.74, 6) is 1.55. The normalized spacial score (nSPS) is 15.4. The number of para-hydroxylation sites is 3. The summed E-state index contributed by atoms with van der Waals surface area (Å²) >= 11 is 0. The summed E-state index contributed by atoms with van der Waals surface area (Å²) in [4.78, 5) is 9.48. The summed E-state index contributed by atoms with van der Waals surface area (Å²) in [7, 11) is 0. The van der Waals surface area contributed by atoms with Gasteiger partial charge in [0.25, 0.3) is 0 Å². The molecule has 81 heavy (non-hydrogen) atoms. The number of ether oxygens (including phenoxy) is 1. The zero-order valence-electron chi connectivity index (χ0n) is 52.3. The smallest absolute Gasteiger partial charge is 0.130 e. The van der Waals surface area contributed by atoms with Crippen molar-refractivity contribution in [3.8, 4) is 56.0 Å². The van der Waals surface area contributed by atoms with Crippen LogP contribution in [0.3, 0.4) is 0 Å². The van der Waals surface area contributed by atoms with Crippen molar-refractivity contribution in [3.63, 3.8) is 0 Å². The Morgan fingerprint density at radius 3 is 1.85 bits per heavy atom. The van der Waals surface area contributed by atoms with E-state index < -0.39 is 6.85 Å². The second kappa shape index (κ2) is 21.6. The minimum absolute atomic E-state index is 0. The van der Waals surface area contributed by atoms with Crippen LogP contribution in [0.15, 0.2) is 176 Å². The van der Waals surface area contributed by atoms with Gasteiger partial charge in [-0.1, -0.05) is 205 Å². The Labute approximate surface area is 502 Å². The molecule has 0 spiro atoms. The van der Waals surface area contributed by atoms with Gasteiger partial charge in [-0.15, -0.1) is 48.3 Å². The van der Waals surface area contributed by atoms with E-state index in [1.165, 1.54) is 27.8 Å². The van der Waals surface area contributed by atoms with Crippen molar-refractivity contribution < 1.29 is 29.9 Å². The van der Waals surface area contributed by atoms with Crippen molar-refractivity contribution in [2.45, 2.75) is 137 Å². The molecule has 0 atom stereocenters. The fourth-order valence-corrected chi connectivity index (χ4v) is 11.6. The molecule has 2 aliphatic rings. The molecule has 416 valence electrons. The van der Waals surface area contributed by atoms with Crippen molar-refractivity contribution in [2.75, 3.05) is 15.1 Å². The van der Waals surface area contributed by atoms with Crippen LogP contribution >= 0.6 is 0 Å². The third-order valence-corrected chi connectivity index (χ3v) is 16.5. The van der Waals surface area contributed by atoms with E-state index in [0.29, 0.717) is 22.9 Å². The maximum atomic E-state index is 8.82. The molecule has 0 fully saturated rings. The molecule has 6 heteroatoms. The second-order valence-electron chi connectivity index (χ2n) is 26.4. The Balaban J connectivity index is 0.00000786. The van der Waals surface area contributed by atoms with Gasteiger partial charge in [-0.05, 0) is 121 Å². The summed E-state index contributed by atoms with van der Waals surface area (Å²) in [6, 6.07) is 66.5. The van der Waals surface area contributed by atoms with E-state index >= 15 is 0 Å². The minimum atomic E-state index is -2.39. The Morgan fingerprint density at radius 2 is 1.19 bits per heavy atom. The average molecular weight is 1250 g/mol. The van der Waals surface area contributed by atoms with Gasteiger partial charge in [-0.3, -0.25) is 0 Å². The van der Waals surface area contributed by atoms with E-state index in [4.69, 9.17) is 13.8 Å². The maximum Gasteiger partial charge on any atom is 0.130 e. The molecule has 1 aliphatic heterocycles. The molecule has 1 aromatic heterocycles. The number of pyridine rings is 1. The molecule has 9 aromatic rings. The zero-order valence-corrected chi connectivity index (χ0v) is 51.6. The summed E-state index contributed by atoms with van der Waals surface area (Å²) in [6.45, 7) is 29.3. The van der Waals surface area contributed by atoms with Gasteiger partial charge in [-0.2, -0.15) is 18.2 Å². The van der Waals surface area contributed by atoms with Crippen molar-refractivity contribution in [3.05, 3.63) is 228 Å². The molecule has 0 bridgehead atoms. The number of benzene rings is 8. The van der Waals surface area contributed by atoms with Crippen LogP contribution in [-0.2, 0) is 48.1 Å². The quantitative estimate of drug-likeness (QED) is 0.138. The van der Waals surface area contributed by atoms with Crippen molar-refractivity contribution in [1.29, 1.82) is 0 Å². The van der Waals surface area contributed by atoms with E-state index in [1.54, 1.807) is 12.3 Å². The fraction of sp³-hybridized carbons (Fsp3) is 0.280. The monoisotopic (exact) mass is 1250 g/mol. The van der Waals surface area contributed by atoms with Crippen LogP contribution in [0.25, 0.3) is 44.5 Å². The van der Waals surface area contributed by atoms with Crippen molar-refractivity contribution in [1.82, 2.24) is 4.98 Å². The summed E-state index contributed by atoms with van der Waals surface area (Å²) in [5.41, 5.74) is 18.9. The molecule has 0 saturated heterocycles. The van der Waals surface area contributed by atoms with Crippen LogP contribution in [0, 0.1) is 25.7 Å². The van der Waals surface area contributed by atoms with Gasteiger partial charge in [-0.25, -0.2) is 4.98 Å². The van der Waals surface area contributed by atoms with E-state index in [9.17, 15) is 0 Å². The number of anilines is 6. The number of fused-ring (bicyclic) bond motifs is 2. The van der Waals surface area contributed by atoms with Gasteiger partial charge in [0.05, 0.1) is 0 Å². The average Bonchev–Trinajstić information content (AvgIpc) is 2.83. The molecule has 5 nitrogen and oxygen atoms in total. The van der Waals surface area contributed by atoms with Gasteiger partial charge in [0.1, 0.15) is 5.82 Å². The molecular weight excluding hydrogens is 1170 g/mol. The van der Waals surface area contributed by atoms with Gasteiger partial charge in [0.2, 0.25) is 0 Å². The number of hydrogen-bond acceptors (Lipinski definition) is 5. The standard InChI is InChI=1S/C75H77N4O.Pt/c1-49-41-68(76-47-63(49)61-29-22-30-64-69(61)75(13,14)40-39-74(64,11)12)77-65-38-35-53(71(2,3)4)45-62(65)51-33-36-57(37-34-51)80-58-26-20-25-56(46-58)78-48-79(67-32-19-18-31-66(67)78)70-59(50-23-16-15-17-24-50)27-21-28-60(70)52-42-54(72(5,6)7)44-55(43-52)73(8,9)10;/h15-36,38,41-45,47-48H,39-40H2,1-14H3,(H,76,77);/q-3;/i1D3;.